The summed E-state index contributed by atoms with van der Waals surface area (Å²) in [4.78, 5) is 24.1. The lowest BCUT2D eigenvalue weighted by molar-refractivity contribution is -0.179. The minimum absolute atomic E-state index is 0.117. The van der Waals surface area contributed by atoms with Crippen LogP contribution in [0.15, 0.2) is 11.6 Å². The number of Topliss-reactive ketones (excluding diaryl/α,β-unsaturated/α-hetero) is 1. The normalized spacial score (nSPS) is 52.0. The van der Waals surface area contributed by atoms with E-state index in [9.17, 15) is 19.8 Å². The molecule has 3 saturated carbocycles. The van der Waals surface area contributed by atoms with Crippen molar-refractivity contribution in [1.82, 2.24) is 0 Å². The fourth-order valence-corrected chi connectivity index (χ4v) is 7.27. The Morgan fingerprint density at radius 1 is 1.20 bits per heavy atom. The zero-order valence-electron chi connectivity index (χ0n) is 15.5. The average molecular weight is 346 g/mol. The molecule has 0 unspecified atom stereocenters. The highest BCUT2D eigenvalue weighted by Gasteiger charge is 2.67. The highest BCUT2D eigenvalue weighted by molar-refractivity contribution is 5.91. The predicted octanol–water partition coefficient (Wildman–Crippen LogP) is 2.81. The predicted molar refractivity (Wildman–Crippen MR) is 93.7 cm³/mol. The Kier molecular flexibility index (Phi) is 3.66. The molecule has 0 amide bonds. The van der Waals surface area contributed by atoms with Crippen molar-refractivity contribution in [1.29, 1.82) is 0 Å². The van der Waals surface area contributed by atoms with E-state index in [1.807, 2.05) is 13.0 Å². The Morgan fingerprint density at radius 3 is 2.60 bits per heavy atom. The van der Waals surface area contributed by atoms with Gasteiger partial charge in [-0.1, -0.05) is 19.4 Å². The van der Waals surface area contributed by atoms with Gasteiger partial charge in [0.2, 0.25) is 0 Å². The lowest BCUT2D eigenvalue weighted by atomic mass is 9.45. The van der Waals surface area contributed by atoms with Crippen molar-refractivity contribution < 1.29 is 19.8 Å². The third-order valence-electron chi connectivity index (χ3n) is 8.63. The average Bonchev–Trinajstić information content (AvgIpc) is 2.80. The van der Waals surface area contributed by atoms with E-state index >= 15 is 0 Å². The zero-order chi connectivity index (χ0) is 18.2. The number of aliphatic hydroxyl groups is 2. The van der Waals surface area contributed by atoms with Crippen LogP contribution in [0.4, 0.5) is 0 Å². The smallest absolute Gasteiger partial charge is 0.161 e. The van der Waals surface area contributed by atoms with Gasteiger partial charge in [-0.3, -0.25) is 9.59 Å². The molecule has 4 aliphatic rings. The van der Waals surface area contributed by atoms with Crippen LogP contribution < -0.4 is 0 Å². The van der Waals surface area contributed by atoms with Crippen LogP contribution in [0.3, 0.4) is 0 Å². The first-order valence-corrected chi connectivity index (χ1v) is 9.79. The van der Waals surface area contributed by atoms with Crippen LogP contribution in [0.5, 0.6) is 0 Å². The lowest BCUT2D eigenvalue weighted by Crippen LogP contribution is -2.61. The Balaban J connectivity index is 1.75. The topological polar surface area (TPSA) is 74.6 Å². The van der Waals surface area contributed by atoms with Crippen molar-refractivity contribution in [2.45, 2.75) is 77.4 Å². The number of carbonyl (C=O) groups excluding carboxylic acids is 2. The summed E-state index contributed by atoms with van der Waals surface area (Å²) < 4.78 is 0. The first-order chi connectivity index (χ1) is 11.6. The fourth-order valence-electron chi connectivity index (χ4n) is 7.27. The van der Waals surface area contributed by atoms with Gasteiger partial charge in [-0.15, -0.1) is 0 Å². The molecule has 4 heteroatoms. The number of carbonyl (C=O) groups is 2. The molecule has 138 valence electrons. The maximum atomic E-state index is 12.2. The number of rotatable bonds is 1. The molecule has 2 N–H and O–H groups in total. The van der Waals surface area contributed by atoms with E-state index in [2.05, 4.69) is 6.92 Å². The molecule has 0 aromatic heterocycles. The fraction of sp³-hybridized carbons (Fsp3) is 0.810. The summed E-state index contributed by atoms with van der Waals surface area (Å²) in [7, 11) is 0. The molecule has 25 heavy (non-hydrogen) atoms. The second kappa shape index (κ2) is 5.26. The van der Waals surface area contributed by atoms with Gasteiger partial charge < -0.3 is 10.2 Å². The lowest BCUT2D eigenvalue weighted by Gasteiger charge is -2.60. The molecule has 0 saturated heterocycles. The Hall–Kier alpha value is -1.00. The van der Waals surface area contributed by atoms with E-state index in [0.29, 0.717) is 25.2 Å². The molecular formula is C21H30O4. The molecule has 3 fully saturated rings. The Bertz CT molecular complexity index is 667. The van der Waals surface area contributed by atoms with Crippen molar-refractivity contribution in [3.05, 3.63) is 11.6 Å². The number of ketones is 2. The molecule has 0 aromatic carbocycles. The van der Waals surface area contributed by atoms with Crippen LogP contribution in [0, 0.1) is 28.6 Å². The largest absolute Gasteiger partial charge is 0.393 e. The van der Waals surface area contributed by atoms with Crippen molar-refractivity contribution in [3.8, 4) is 0 Å². The minimum Gasteiger partial charge on any atom is -0.393 e. The summed E-state index contributed by atoms with van der Waals surface area (Å²) in [5.41, 5.74) is -0.744. The third kappa shape index (κ3) is 2.07. The minimum atomic E-state index is -1.30. The van der Waals surface area contributed by atoms with E-state index in [0.717, 1.165) is 25.7 Å². The first kappa shape index (κ1) is 17.4. The van der Waals surface area contributed by atoms with Gasteiger partial charge >= 0.3 is 0 Å². The number of aliphatic hydroxyl groups excluding tert-OH is 1. The molecule has 0 spiro atoms. The molecule has 0 radical (unpaired) electrons. The van der Waals surface area contributed by atoms with Gasteiger partial charge in [-0.2, -0.15) is 0 Å². The van der Waals surface area contributed by atoms with E-state index in [1.165, 1.54) is 12.5 Å². The summed E-state index contributed by atoms with van der Waals surface area (Å²) in [6, 6.07) is 0. The standard InChI is InChI=1S/C21H30O4/c1-12(22)21(25)9-7-16-15-5-4-13-10-14(23)6-8-19(13,2)18(15)17(24)11-20(16,21)3/h10,15-18,24-25H,4-9,11H2,1-3H3/t15-,16+,17+,18+,19+,20+,21+/m0/s1. The second-order valence-corrected chi connectivity index (χ2v) is 9.53. The molecule has 4 nitrogen and oxygen atoms in total. The first-order valence-electron chi connectivity index (χ1n) is 9.79. The van der Waals surface area contributed by atoms with Crippen molar-refractivity contribution >= 4 is 11.6 Å². The van der Waals surface area contributed by atoms with Gasteiger partial charge in [-0.25, -0.2) is 0 Å². The van der Waals surface area contributed by atoms with Crippen LogP contribution in [-0.2, 0) is 9.59 Å². The summed E-state index contributed by atoms with van der Waals surface area (Å²) in [6.45, 7) is 5.73. The second-order valence-electron chi connectivity index (χ2n) is 9.53. The number of fused-ring (bicyclic) bond motifs is 5. The van der Waals surface area contributed by atoms with Crippen molar-refractivity contribution in [2.75, 3.05) is 0 Å². The van der Waals surface area contributed by atoms with E-state index in [4.69, 9.17) is 0 Å². The maximum absolute atomic E-state index is 12.2. The molecule has 7 atom stereocenters. The monoisotopic (exact) mass is 346 g/mol. The molecule has 0 aliphatic heterocycles. The van der Waals surface area contributed by atoms with Crippen molar-refractivity contribution in [2.24, 2.45) is 28.6 Å². The van der Waals surface area contributed by atoms with Gasteiger partial charge in [0.25, 0.3) is 0 Å². The molecule has 0 aromatic rings. The van der Waals surface area contributed by atoms with E-state index in [1.54, 1.807) is 0 Å². The Labute approximate surface area is 149 Å². The van der Waals surface area contributed by atoms with Crippen LogP contribution in [0.2, 0.25) is 0 Å². The van der Waals surface area contributed by atoms with E-state index in [-0.39, 0.29) is 28.8 Å². The molecule has 0 bridgehead atoms. The number of hydrogen-bond acceptors (Lipinski definition) is 4. The summed E-state index contributed by atoms with van der Waals surface area (Å²) in [6.07, 6.45) is 6.38. The molecule has 4 rings (SSSR count). The third-order valence-corrected chi connectivity index (χ3v) is 8.63. The molecular weight excluding hydrogens is 316 g/mol. The van der Waals surface area contributed by atoms with Gasteiger partial charge in [0.15, 0.2) is 11.6 Å². The van der Waals surface area contributed by atoms with Crippen LogP contribution in [0.25, 0.3) is 0 Å². The summed E-state index contributed by atoms with van der Waals surface area (Å²) in [5, 5.41) is 22.3. The van der Waals surface area contributed by atoms with Gasteiger partial charge in [0.1, 0.15) is 5.60 Å². The number of allylic oxidation sites excluding steroid dienone is 1. The van der Waals surface area contributed by atoms with Crippen molar-refractivity contribution in [3.63, 3.8) is 0 Å². The van der Waals surface area contributed by atoms with Crippen LogP contribution >= 0.6 is 0 Å². The summed E-state index contributed by atoms with van der Waals surface area (Å²) in [5.74, 6) is 0.776. The summed E-state index contributed by atoms with van der Waals surface area (Å²) >= 11 is 0. The molecule has 0 heterocycles. The highest BCUT2D eigenvalue weighted by atomic mass is 16.3. The van der Waals surface area contributed by atoms with Gasteiger partial charge in [-0.05, 0) is 74.7 Å². The van der Waals surface area contributed by atoms with Gasteiger partial charge in [0.05, 0.1) is 6.10 Å². The Morgan fingerprint density at radius 2 is 1.92 bits per heavy atom. The van der Waals surface area contributed by atoms with Crippen LogP contribution in [0.1, 0.15) is 65.7 Å². The quantitative estimate of drug-likeness (QED) is 0.766. The highest BCUT2D eigenvalue weighted by Crippen LogP contribution is 2.67. The number of hydrogen-bond donors (Lipinski definition) is 2. The van der Waals surface area contributed by atoms with Gasteiger partial charge in [0, 0.05) is 11.8 Å². The molecule has 4 aliphatic carbocycles. The van der Waals surface area contributed by atoms with E-state index < -0.39 is 17.1 Å². The van der Waals surface area contributed by atoms with Crippen LogP contribution in [-0.4, -0.2) is 33.5 Å². The zero-order valence-corrected chi connectivity index (χ0v) is 15.5. The SMILES string of the molecule is CC(=O)[C@]1(O)CC[C@@H]2[C@@H]3CCC4=CC(=O)CC[C@@]4(C)[C@H]3[C@H](O)C[C@]21C. The maximum Gasteiger partial charge on any atom is 0.161 e.